The highest BCUT2D eigenvalue weighted by Gasteiger charge is 2.20. The Labute approximate surface area is 98.9 Å². The third kappa shape index (κ3) is 2.66. The minimum Gasteiger partial charge on any atom is -0.346 e. The van der Waals surface area contributed by atoms with Gasteiger partial charge < -0.3 is 4.98 Å². The van der Waals surface area contributed by atoms with Crippen LogP contribution in [0, 0.1) is 11.8 Å². The molecule has 0 saturated heterocycles. The summed E-state index contributed by atoms with van der Waals surface area (Å²) in [6.45, 7) is 6.84. The molecular formula is C14H24N2. The highest BCUT2D eigenvalue weighted by atomic mass is 14.9. The number of aryl methyl sites for hydroxylation is 2. The van der Waals surface area contributed by atoms with Crippen molar-refractivity contribution in [3.8, 4) is 0 Å². The second-order valence-electron chi connectivity index (χ2n) is 5.56. The first kappa shape index (κ1) is 11.7. The van der Waals surface area contributed by atoms with Crippen LogP contribution >= 0.6 is 0 Å². The maximum atomic E-state index is 4.74. The van der Waals surface area contributed by atoms with Crippen molar-refractivity contribution in [1.82, 2.24) is 9.97 Å². The number of rotatable bonds is 4. The van der Waals surface area contributed by atoms with Crippen LogP contribution in [0.4, 0.5) is 0 Å². The third-order valence-corrected chi connectivity index (χ3v) is 3.73. The second kappa shape index (κ2) is 5.03. The fourth-order valence-electron chi connectivity index (χ4n) is 2.50. The van der Waals surface area contributed by atoms with E-state index in [0.29, 0.717) is 0 Å². The fourth-order valence-corrected chi connectivity index (χ4v) is 2.50. The molecule has 1 unspecified atom stereocenters. The van der Waals surface area contributed by atoms with Crippen LogP contribution in [0.3, 0.4) is 0 Å². The molecule has 0 amide bonds. The zero-order valence-electron chi connectivity index (χ0n) is 10.8. The van der Waals surface area contributed by atoms with Gasteiger partial charge in [0, 0.05) is 12.1 Å². The zero-order chi connectivity index (χ0) is 11.5. The quantitative estimate of drug-likeness (QED) is 0.826. The Morgan fingerprint density at radius 3 is 2.94 bits per heavy atom. The van der Waals surface area contributed by atoms with E-state index in [-0.39, 0.29) is 0 Å². The van der Waals surface area contributed by atoms with E-state index in [9.17, 15) is 0 Å². The summed E-state index contributed by atoms with van der Waals surface area (Å²) in [6.07, 6.45) is 7.40. The molecule has 0 fully saturated rings. The highest BCUT2D eigenvalue weighted by molar-refractivity contribution is 5.18. The topological polar surface area (TPSA) is 28.7 Å². The SMILES string of the molecule is CCC1CCc2nc(CCC(C)C)[nH]c2C1. The second-order valence-corrected chi connectivity index (χ2v) is 5.56. The molecule has 0 radical (unpaired) electrons. The average Bonchev–Trinajstić information content (AvgIpc) is 2.67. The Morgan fingerprint density at radius 1 is 1.44 bits per heavy atom. The van der Waals surface area contributed by atoms with Crippen LogP contribution in [0.5, 0.6) is 0 Å². The molecule has 0 aromatic carbocycles. The Kier molecular flexibility index (Phi) is 3.67. The van der Waals surface area contributed by atoms with Crippen molar-refractivity contribution >= 4 is 0 Å². The van der Waals surface area contributed by atoms with Crippen molar-refractivity contribution in [2.75, 3.05) is 0 Å². The summed E-state index contributed by atoms with van der Waals surface area (Å²) in [6, 6.07) is 0. The van der Waals surface area contributed by atoms with Gasteiger partial charge in [-0.2, -0.15) is 0 Å². The molecule has 1 aliphatic rings. The molecular weight excluding hydrogens is 196 g/mol. The van der Waals surface area contributed by atoms with Crippen molar-refractivity contribution < 1.29 is 0 Å². The van der Waals surface area contributed by atoms with Crippen LogP contribution in [-0.4, -0.2) is 9.97 Å². The van der Waals surface area contributed by atoms with Gasteiger partial charge in [-0.15, -0.1) is 0 Å². The number of nitrogens with zero attached hydrogens (tertiary/aromatic N) is 1. The summed E-state index contributed by atoms with van der Waals surface area (Å²) in [5.74, 6) is 2.87. The van der Waals surface area contributed by atoms with Crippen molar-refractivity contribution in [3.05, 3.63) is 17.2 Å². The minimum absolute atomic E-state index is 0.769. The van der Waals surface area contributed by atoms with Crippen LogP contribution in [0.2, 0.25) is 0 Å². The van der Waals surface area contributed by atoms with Gasteiger partial charge in [0.05, 0.1) is 5.69 Å². The lowest BCUT2D eigenvalue weighted by Crippen LogP contribution is -2.12. The largest absolute Gasteiger partial charge is 0.346 e. The van der Waals surface area contributed by atoms with Gasteiger partial charge in [0.15, 0.2) is 0 Å². The van der Waals surface area contributed by atoms with Gasteiger partial charge in [-0.05, 0) is 37.5 Å². The minimum atomic E-state index is 0.769. The molecule has 0 spiro atoms. The van der Waals surface area contributed by atoms with Gasteiger partial charge >= 0.3 is 0 Å². The molecule has 1 atom stereocenters. The number of imidazole rings is 1. The summed E-state index contributed by atoms with van der Waals surface area (Å²) in [5.41, 5.74) is 2.78. The normalized spacial score (nSPS) is 20.1. The van der Waals surface area contributed by atoms with Gasteiger partial charge in [0.1, 0.15) is 5.82 Å². The number of nitrogens with one attached hydrogen (secondary N) is 1. The molecule has 0 aliphatic heterocycles. The number of hydrogen-bond acceptors (Lipinski definition) is 1. The molecule has 1 heterocycles. The molecule has 2 nitrogen and oxygen atoms in total. The van der Waals surface area contributed by atoms with Crippen molar-refractivity contribution in [2.24, 2.45) is 11.8 Å². The summed E-state index contributed by atoms with van der Waals surface area (Å²) in [7, 11) is 0. The standard InChI is InChI=1S/C14H24N2/c1-4-11-6-7-12-13(9-11)16-14(15-12)8-5-10(2)3/h10-11H,4-9H2,1-3H3,(H,15,16). The number of aromatic nitrogens is 2. The lowest BCUT2D eigenvalue weighted by molar-refractivity contribution is 0.438. The number of hydrogen-bond donors (Lipinski definition) is 1. The van der Waals surface area contributed by atoms with E-state index in [1.54, 1.807) is 0 Å². The summed E-state index contributed by atoms with van der Waals surface area (Å²) in [4.78, 5) is 8.28. The van der Waals surface area contributed by atoms with E-state index in [1.165, 1.54) is 49.3 Å². The van der Waals surface area contributed by atoms with Crippen molar-refractivity contribution in [1.29, 1.82) is 0 Å². The Morgan fingerprint density at radius 2 is 2.25 bits per heavy atom. The van der Waals surface area contributed by atoms with E-state index in [2.05, 4.69) is 25.8 Å². The first-order valence-electron chi connectivity index (χ1n) is 6.75. The van der Waals surface area contributed by atoms with Gasteiger partial charge in [-0.1, -0.05) is 27.2 Å². The van der Waals surface area contributed by atoms with Gasteiger partial charge in [0.2, 0.25) is 0 Å². The van der Waals surface area contributed by atoms with E-state index >= 15 is 0 Å². The van der Waals surface area contributed by atoms with Crippen molar-refractivity contribution in [2.45, 2.75) is 59.3 Å². The van der Waals surface area contributed by atoms with Gasteiger partial charge in [0.25, 0.3) is 0 Å². The van der Waals surface area contributed by atoms with E-state index in [0.717, 1.165) is 18.3 Å². The molecule has 0 saturated carbocycles. The van der Waals surface area contributed by atoms with Crippen LogP contribution < -0.4 is 0 Å². The first-order valence-corrected chi connectivity index (χ1v) is 6.75. The van der Waals surface area contributed by atoms with Crippen LogP contribution in [0.1, 0.15) is 57.2 Å². The average molecular weight is 220 g/mol. The van der Waals surface area contributed by atoms with Crippen LogP contribution in [0.25, 0.3) is 0 Å². The maximum absolute atomic E-state index is 4.74. The number of aromatic amines is 1. The van der Waals surface area contributed by atoms with Crippen LogP contribution in [-0.2, 0) is 19.3 Å². The lowest BCUT2D eigenvalue weighted by Gasteiger charge is -2.19. The van der Waals surface area contributed by atoms with E-state index in [4.69, 9.17) is 4.98 Å². The van der Waals surface area contributed by atoms with Crippen molar-refractivity contribution in [3.63, 3.8) is 0 Å². The molecule has 1 aliphatic carbocycles. The lowest BCUT2D eigenvalue weighted by atomic mass is 9.88. The predicted octanol–water partition coefficient (Wildman–Crippen LogP) is 3.51. The molecule has 16 heavy (non-hydrogen) atoms. The number of fused-ring (bicyclic) bond motifs is 1. The maximum Gasteiger partial charge on any atom is 0.106 e. The van der Waals surface area contributed by atoms with Gasteiger partial charge in [-0.25, -0.2) is 4.98 Å². The molecule has 1 N–H and O–H groups in total. The summed E-state index contributed by atoms with van der Waals surface area (Å²) >= 11 is 0. The fraction of sp³-hybridized carbons (Fsp3) is 0.786. The van der Waals surface area contributed by atoms with E-state index in [1.807, 2.05) is 0 Å². The molecule has 2 heteroatoms. The molecule has 90 valence electrons. The first-order chi connectivity index (χ1) is 7.69. The predicted molar refractivity (Wildman–Crippen MR) is 67.6 cm³/mol. The van der Waals surface area contributed by atoms with Gasteiger partial charge in [-0.3, -0.25) is 0 Å². The summed E-state index contributed by atoms with van der Waals surface area (Å²) < 4.78 is 0. The van der Waals surface area contributed by atoms with E-state index < -0.39 is 0 Å². The monoisotopic (exact) mass is 220 g/mol. The molecule has 0 bridgehead atoms. The molecule has 2 rings (SSSR count). The highest BCUT2D eigenvalue weighted by Crippen LogP contribution is 2.26. The molecule has 1 aromatic rings. The zero-order valence-corrected chi connectivity index (χ0v) is 10.8. The molecule has 1 aromatic heterocycles. The Hall–Kier alpha value is -0.790. The number of H-pyrrole nitrogens is 1. The summed E-state index contributed by atoms with van der Waals surface area (Å²) in [5, 5.41) is 0. The smallest absolute Gasteiger partial charge is 0.106 e. The van der Waals surface area contributed by atoms with Crippen LogP contribution in [0.15, 0.2) is 0 Å². The third-order valence-electron chi connectivity index (χ3n) is 3.73. The Balaban J connectivity index is 2.01. The Bertz CT molecular complexity index is 339.